The van der Waals surface area contributed by atoms with Crippen LogP contribution in [0.15, 0.2) is 60.8 Å². The molecule has 4 aromatic rings. The molecule has 10 heteroatoms. The van der Waals surface area contributed by atoms with Crippen LogP contribution in [0.1, 0.15) is 18.4 Å². The molecule has 2 aromatic carbocycles. The van der Waals surface area contributed by atoms with Gasteiger partial charge in [0, 0.05) is 37.0 Å². The molecule has 1 aliphatic carbocycles. The summed E-state index contributed by atoms with van der Waals surface area (Å²) in [7, 11) is 1.81. The number of alkyl halides is 3. The van der Waals surface area contributed by atoms with E-state index in [1.54, 1.807) is 42.1 Å². The zero-order valence-corrected chi connectivity index (χ0v) is 18.1. The number of halogens is 3. The Kier molecular flexibility index (Phi) is 5.35. The van der Waals surface area contributed by atoms with Gasteiger partial charge >= 0.3 is 6.18 Å². The molecule has 1 saturated carbocycles. The lowest BCUT2D eigenvalue weighted by atomic mass is 10.2. The summed E-state index contributed by atoms with van der Waals surface area (Å²) in [5.41, 5.74) is 1.23. The first-order chi connectivity index (χ1) is 16.3. The minimum absolute atomic E-state index is 0.0346. The lowest BCUT2D eigenvalue weighted by Gasteiger charge is -2.09. The van der Waals surface area contributed by atoms with Crippen LogP contribution in [0, 0.1) is 5.92 Å². The number of fused-ring (bicyclic) bond motifs is 1. The summed E-state index contributed by atoms with van der Waals surface area (Å²) in [5, 5.41) is 5.83. The van der Waals surface area contributed by atoms with E-state index in [1.165, 1.54) is 12.1 Å². The highest BCUT2D eigenvalue weighted by Gasteiger charge is 2.30. The molecule has 1 aliphatic rings. The number of benzene rings is 2. The van der Waals surface area contributed by atoms with E-state index in [0.29, 0.717) is 34.5 Å². The standard InChI is InChI=1S/C24H20F3N5O2/c1-32-20-9-8-17(34-18-10-11-28-21(13-18)31-22(33)14-2-3-14)12-19(20)30-23(32)29-16-6-4-15(5-7-16)24(25,26)27/h4-14H,2-3H2,1H3,(H,29,30)(H,28,31,33). The molecule has 0 bridgehead atoms. The number of rotatable bonds is 6. The van der Waals surface area contributed by atoms with Gasteiger partial charge in [-0.15, -0.1) is 0 Å². The van der Waals surface area contributed by atoms with Gasteiger partial charge in [0.2, 0.25) is 11.9 Å². The van der Waals surface area contributed by atoms with Crippen LogP contribution in [0.2, 0.25) is 0 Å². The molecule has 0 aliphatic heterocycles. The first-order valence-corrected chi connectivity index (χ1v) is 10.6. The van der Waals surface area contributed by atoms with Gasteiger partial charge < -0.3 is 19.9 Å². The molecule has 7 nitrogen and oxygen atoms in total. The number of nitrogens with zero attached hydrogens (tertiary/aromatic N) is 3. The van der Waals surface area contributed by atoms with E-state index >= 15 is 0 Å². The van der Waals surface area contributed by atoms with Crippen molar-refractivity contribution in [3.63, 3.8) is 0 Å². The van der Waals surface area contributed by atoms with Crippen molar-refractivity contribution < 1.29 is 22.7 Å². The molecule has 2 heterocycles. The largest absolute Gasteiger partial charge is 0.457 e. The monoisotopic (exact) mass is 467 g/mol. The summed E-state index contributed by atoms with van der Waals surface area (Å²) >= 11 is 0. The summed E-state index contributed by atoms with van der Waals surface area (Å²) in [6.07, 6.45) is -1.02. The predicted molar refractivity (Wildman–Crippen MR) is 121 cm³/mol. The summed E-state index contributed by atoms with van der Waals surface area (Å²) in [4.78, 5) is 20.7. The Balaban J connectivity index is 1.33. The zero-order valence-electron chi connectivity index (χ0n) is 18.1. The second-order valence-corrected chi connectivity index (χ2v) is 8.09. The third-order valence-corrected chi connectivity index (χ3v) is 5.49. The summed E-state index contributed by atoms with van der Waals surface area (Å²) < 4.78 is 46.1. The number of imidazole rings is 1. The molecular weight excluding hydrogens is 447 g/mol. The molecule has 0 atom stereocenters. The molecule has 0 unspecified atom stereocenters. The Morgan fingerprint density at radius 3 is 2.50 bits per heavy atom. The van der Waals surface area contributed by atoms with Gasteiger partial charge in [-0.25, -0.2) is 9.97 Å². The predicted octanol–water partition coefficient (Wildman–Crippen LogP) is 5.87. The molecule has 1 fully saturated rings. The van der Waals surface area contributed by atoms with Gasteiger partial charge in [-0.05, 0) is 55.3 Å². The van der Waals surface area contributed by atoms with Crippen molar-refractivity contribution in [3.05, 3.63) is 66.4 Å². The number of carbonyl (C=O) groups excluding carboxylic acids is 1. The molecule has 0 spiro atoms. The quantitative estimate of drug-likeness (QED) is 0.371. The van der Waals surface area contributed by atoms with Crippen LogP contribution in [0.3, 0.4) is 0 Å². The van der Waals surface area contributed by atoms with Crippen LogP contribution in [-0.2, 0) is 18.0 Å². The molecular formula is C24H20F3N5O2. The highest BCUT2D eigenvalue weighted by molar-refractivity contribution is 5.93. The van der Waals surface area contributed by atoms with E-state index in [9.17, 15) is 18.0 Å². The van der Waals surface area contributed by atoms with Crippen molar-refractivity contribution >= 4 is 34.4 Å². The number of carbonyl (C=O) groups is 1. The SMILES string of the molecule is Cn1c(Nc2ccc(C(F)(F)F)cc2)nc2cc(Oc3ccnc(NC(=O)C4CC4)c3)ccc21. The van der Waals surface area contributed by atoms with Crippen LogP contribution < -0.4 is 15.4 Å². The van der Waals surface area contributed by atoms with Gasteiger partial charge in [0.25, 0.3) is 0 Å². The van der Waals surface area contributed by atoms with Gasteiger partial charge in [-0.2, -0.15) is 13.2 Å². The first-order valence-electron chi connectivity index (χ1n) is 10.6. The number of aromatic nitrogens is 3. The lowest BCUT2D eigenvalue weighted by molar-refractivity contribution is -0.137. The van der Waals surface area contributed by atoms with Crippen LogP contribution in [0.5, 0.6) is 11.5 Å². The normalized spacial score (nSPS) is 13.6. The molecule has 1 amide bonds. The highest BCUT2D eigenvalue weighted by Crippen LogP contribution is 2.32. The van der Waals surface area contributed by atoms with E-state index in [1.807, 2.05) is 6.07 Å². The van der Waals surface area contributed by atoms with Crippen molar-refractivity contribution in [3.8, 4) is 11.5 Å². The number of pyridine rings is 1. The van der Waals surface area contributed by atoms with E-state index in [-0.39, 0.29) is 11.8 Å². The van der Waals surface area contributed by atoms with Crippen LogP contribution >= 0.6 is 0 Å². The van der Waals surface area contributed by atoms with E-state index < -0.39 is 11.7 Å². The summed E-state index contributed by atoms with van der Waals surface area (Å²) in [6.45, 7) is 0. The average molecular weight is 467 g/mol. The van der Waals surface area contributed by atoms with Crippen LogP contribution in [0.4, 0.5) is 30.6 Å². The van der Waals surface area contributed by atoms with Crippen molar-refractivity contribution in [2.45, 2.75) is 19.0 Å². The second-order valence-electron chi connectivity index (χ2n) is 8.09. The number of hydrogen-bond acceptors (Lipinski definition) is 5. The molecule has 5 rings (SSSR count). The zero-order chi connectivity index (χ0) is 23.9. The van der Waals surface area contributed by atoms with Gasteiger partial charge in [0.05, 0.1) is 16.6 Å². The van der Waals surface area contributed by atoms with Gasteiger partial charge in [-0.1, -0.05) is 0 Å². The fourth-order valence-electron chi connectivity index (χ4n) is 3.48. The van der Waals surface area contributed by atoms with E-state index in [2.05, 4.69) is 20.6 Å². The van der Waals surface area contributed by atoms with Gasteiger partial charge in [0.15, 0.2) is 0 Å². The second kappa shape index (κ2) is 8.36. The van der Waals surface area contributed by atoms with Gasteiger partial charge in [0.1, 0.15) is 17.3 Å². The molecule has 0 saturated heterocycles. The van der Waals surface area contributed by atoms with Crippen LogP contribution in [-0.4, -0.2) is 20.4 Å². The Labute approximate surface area is 192 Å². The Morgan fingerprint density at radius 1 is 1.06 bits per heavy atom. The van der Waals surface area contributed by atoms with E-state index in [0.717, 1.165) is 30.5 Å². The lowest BCUT2D eigenvalue weighted by Crippen LogP contribution is -2.14. The van der Waals surface area contributed by atoms with Gasteiger partial charge in [-0.3, -0.25) is 4.79 Å². The minimum Gasteiger partial charge on any atom is -0.457 e. The van der Waals surface area contributed by atoms with Crippen molar-refractivity contribution in [2.75, 3.05) is 10.6 Å². The van der Waals surface area contributed by atoms with Crippen molar-refractivity contribution in [2.24, 2.45) is 13.0 Å². The first kappa shape index (κ1) is 21.7. The average Bonchev–Trinajstić information content (AvgIpc) is 3.60. The third kappa shape index (κ3) is 4.66. The number of amides is 1. The minimum atomic E-state index is -4.38. The van der Waals surface area contributed by atoms with Crippen molar-refractivity contribution in [1.82, 2.24) is 14.5 Å². The Hall–Kier alpha value is -4.08. The fourth-order valence-corrected chi connectivity index (χ4v) is 3.48. The van der Waals surface area contributed by atoms with Crippen LogP contribution in [0.25, 0.3) is 11.0 Å². The third-order valence-electron chi connectivity index (χ3n) is 5.49. The number of anilines is 3. The summed E-state index contributed by atoms with van der Waals surface area (Å²) in [5.74, 6) is 1.99. The maximum absolute atomic E-state index is 12.8. The topological polar surface area (TPSA) is 81.1 Å². The maximum atomic E-state index is 12.8. The Bertz CT molecular complexity index is 1360. The number of nitrogens with one attached hydrogen (secondary N) is 2. The molecule has 34 heavy (non-hydrogen) atoms. The number of ether oxygens (including phenoxy) is 1. The fraction of sp³-hybridized carbons (Fsp3) is 0.208. The maximum Gasteiger partial charge on any atom is 0.416 e. The highest BCUT2D eigenvalue weighted by atomic mass is 19.4. The number of hydrogen-bond donors (Lipinski definition) is 2. The van der Waals surface area contributed by atoms with E-state index in [4.69, 9.17) is 4.74 Å². The Morgan fingerprint density at radius 2 is 1.79 bits per heavy atom. The molecule has 174 valence electrons. The molecule has 2 aromatic heterocycles. The summed E-state index contributed by atoms with van der Waals surface area (Å²) in [6, 6.07) is 13.5. The smallest absolute Gasteiger partial charge is 0.416 e. The molecule has 0 radical (unpaired) electrons. The number of aryl methyl sites for hydroxylation is 1. The molecule has 2 N–H and O–H groups in total. The van der Waals surface area contributed by atoms with Crippen molar-refractivity contribution in [1.29, 1.82) is 0 Å².